The molecule has 1 aliphatic rings. The van der Waals surface area contributed by atoms with E-state index in [4.69, 9.17) is 11.5 Å². The van der Waals surface area contributed by atoms with E-state index in [9.17, 15) is 27.9 Å². The second-order valence-electron chi connectivity index (χ2n) is 7.59. The van der Waals surface area contributed by atoms with Crippen molar-refractivity contribution in [3.63, 3.8) is 0 Å². The van der Waals surface area contributed by atoms with Gasteiger partial charge in [0.1, 0.15) is 5.75 Å². The van der Waals surface area contributed by atoms with Crippen LogP contribution in [-0.2, 0) is 4.79 Å². The lowest BCUT2D eigenvalue weighted by molar-refractivity contribution is -0.274. The molecule has 2 aromatic carbocycles. The number of nitrogens with two attached hydrogens (primary N) is 2. The predicted octanol–water partition coefficient (Wildman–Crippen LogP) is 3.15. The third kappa shape index (κ3) is 5.13. The van der Waals surface area contributed by atoms with Crippen LogP contribution in [0, 0.1) is 0 Å². The summed E-state index contributed by atoms with van der Waals surface area (Å²) in [5, 5.41) is 15.9. The molecule has 2 heterocycles. The smallest absolute Gasteiger partial charge is 0.478 e. The average Bonchev–Trinajstić information content (AvgIpc) is 3.24. The van der Waals surface area contributed by atoms with Crippen LogP contribution in [0.3, 0.4) is 0 Å². The molecule has 10 nitrogen and oxygen atoms in total. The second-order valence-corrected chi connectivity index (χ2v) is 8.62. The highest BCUT2D eigenvalue weighted by Crippen LogP contribution is 2.43. The second kappa shape index (κ2) is 9.28. The van der Waals surface area contributed by atoms with E-state index in [1.807, 2.05) is 0 Å². The summed E-state index contributed by atoms with van der Waals surface area (Å²) in [5.41, 5.74) is 13.2. The highest BCUT2D eigenvalue weighted by molar-refractivity contribution is 7.22. The largest absolute Gasteiger partial charge is 0.573 e. The van der Waals surface area contributed by atoms with Gasteiger partial charge in [0.25, 0.3) is 0 Å². The molecule has 0 bridgehead atoms. The minimum Gasteiger partial charge on any atom is -0.478 e. The van der Waals surface area contributed by atoms with Crippen LogP contribution < -0.4 is 31.7 Å². The Bertz CT molecular complexity index is 1290. The Kier molecular flexibility index (Phi) is 6.93. The topological polar surface area (TPSA) is 156 Å². The van der Waals surface area contributed by atoms with Crippen LogP contribution in [0.5, 0.6) is 5.75 Å². The quantitative estimate of drug-likeness (QED) is 0.308. The van der Waals surface area contributed by atoms with Crippen LogP contribution in [-0.4, -0.2) is 47.2 Å². The van der Waals surface area contributed by atoms with Crippen molar-refractivity contribution in [2.24, 2.45) is 11.5 Å². The molecule has 0 spiro atoms. The van der Waals surface area contributed by atoms with Crippen LogP contribution in [0.25, 0.3) is 10.2 Å². The van der Waals surface area contributed by atoms with Gasteiger partial charge in [0, 0.05) is 19.5 Å². The molecule has 0 saturated heterocycles. The van der Waals surface area contributed by atoms with E-state index in [1.165, 1.54) is 24.3 Å². The number of amides is 1. The summed E-state index contributed by atoms with van der Waals surface area (Å²) in [5.74, 6) is -3.53. The number of anilines is 3. The number of nitrogens with one attached hydrogen (secondary N) is 2. The third-order valence-electron chi connectivity index (χ3n) is 5.31. The highest BCUT2D eigenvalue weighted by atomic mass is 35.5. The van der Waals surface area contributed by atoms with Gasteiger partial charge in [-0.25, -0.2) is 9.78 Å². The Morgan fingerprint density at radius 3 is 2.66 bits per heavy atom. The predicted molar refractivity (Wildman–Crippen MR) is 127 cm³/mol. The first-order valence-electron chi connectivity index (χ1n) is 9.76. The Morgan fingerprint density at radius 2 is 2.03 bits per heavy atom. The number of fused-ring (bicyclic) bond motifs is 2. The van der Waals surface area contributed by atoms with Gasteiger partial charge in [0.2, 0.25) is 11.7 Å². The van der Waals surface area contributed by atoms with Gasteiger partial charge < -0.3 is 36.8 Å². The van der Waals surface area contributed by atoms with Crippen molar-refractivity contribution >= 4 is 62.3 Å². The number of carbonyl (C=O) groups is 2. The van der Waals surface area contributed by atoms with Crippen LogP contribution in [0.1, 0.15) is 16.8 Å². The monoisotopic (exact) mass is 532 g/mol. The molecule has 15 heteroatoms. The lowest BCUT2D eigenvalue weighted by atomic mass is 10.1. The number of carboxylic acid groups (broad SMARTS) is 1. The van der Waals surface area contributed by atoms with E-state index in [2.05, 4.69) is 20.4 Å². The van der Waals surface area contributed by atoms with Crippen molar-refractivity contribution in [1.29, 1.82) is 0 Å². The van der Waals surface area contributed by atoms with Crippen molar-refractivity contribution in [2.45, 2.75) is 24.6 Å². The fourth-order valence-corrected chi connectivity index (χ4v) is 4.73. The Labute approximate surface area is 206 Å². The lowest BCUT2D eigenvalue weighted by Crippen LogP contribution is -2.67. The molecule has 7 N–H and O–H groups in total. The van der Waals surface area contributed by atoms with E-state index in [0.717, 1.165) is 17.4 Å². The Balaban J connectivity index is 0.00000342. The fourth-order valence-electron chi connectivity index (χ4n) is 3.77. The number of ether oxygens (including phenoxy) is 1. The number of likely N-dealkylation sites (N-methyl/N-ethyl adjacent to an activating group) is 1. The standard InChI is InChI=1S/C20H19F3N6O4S.ClH/c1-29-13-5-2-9(17(31)32)6-12(13)27-19(29,15(24)8-16(25)30)28-18-26-11-4-3-10(7-14(11)34-18)33-20(21,22)23;/h2-7,15,27H,8,24H2,1H3,(H2,25,30)(H,26,28)(H,31,32);1H. The zero-order valence-electron chi connectivity index (χ0n) is 17.9. The molecular weight excluding hydrogens is 513 g/mol. The number of hydrogen-bond donors (Lipinski definition) is 5. The van der Waals surface area contributed by atoms with Gasteiger partial charge in [-0.2, -0.15) is 0 Å². The number of alkyl halides is 3. The molecular formula is C20H20ClF3N6O4S. The first-order valence-corrected chi connectivity index (χ1v) is 10.6. The van der Waals surface area contributed by atoms with E-state index in [1.54, 1.807) is 18.0 Å². The van der Waals surface area contributed by atoms with E-state index in [0.29, 0.717) is 21.6 Å². The van der Waals surface area contributed by atoms with Crippen LogP contribution in [0.2, 0.25) is 0 Å². The normalized spacial score (nSPS) is 17.8. The van der Waals surface area contributed by atoms with Gasteiger partial charge in [-0.1, -0.05) is 11.3 Å². The molecule has 2 unspecified atom stereocenters. The van der Waals surface area contributed by atoms with Gasteiger partial charge in [-0.3, -0.25) is 4.79 Å². The molecule has 188 valence electrons. The molecule has 3 aromatic rings. The number of primary amides is 1. The Morgan fingerprint density at radius 1 is 1.31 bits per heavy atom. The van der Waals surface area contributed by atoms with Gasteiger partial charge in [0.05, 0.1) is 33.2 Å². The van der Waals surface area contributed by atoms with Crippen LogP contribution in [0.4, 0.5) is 29.7 Å². The van der Waals surface area contributed by atoms with Crippen LogP contribution in [0.15, 0.2) is 36.4 Å². The molecule has 2 atom stereocenters. The van der Waals surface area contributed by atoms with Crippen molar-refractivity contribution in [2.75, 3.05) is 22.6 Å². The molecule has 1 aromatic heterocycles. The molecule has 1 aliphatic heterocycles. The summed E-state index contributed by atoms with van der Waals surface area (Å²) >= 11 is 1.05. The van der Waals surface area contributed by atoms with Crippen molar-refractivity contribution in [3.05, 3.63) is 42.0 Å². The number of aromatic nitrogens is 1. The summed E-state index contributed by atoms with van der Waals surface area (Å²) in [7, 11) is 1.68. The summed E-state index contributed by atoms with van der Waals surface area (Å²) in [4.78, 5) is 29.1. The van der Waals surface area contributed by atoms with Crippen molar-refractivity contribution in [1.82, 2.24) is 4.98 Å². The first-order chi connectivity index (χ1) is 15.9. The van der Waals surface area contributed by atoms with E-state index < -0.39 is 30.1 Å². The maximum atomic E-state index is 12.6. The van der Waals surface area contributed by atoms with E-state index >= 15 is 0 Å². The Hall–Kier alpha value is -3.49. The summed E-state index contributed by atoms with van der Waals surface area (Å²) in [6.45, 7) is 0. The maximum absolute atomic E-state index is 12.6. The van der Waals surface area contributed by atoms with Crippen LogP contribution >= 0.6 is 23.7 Å². The van der Waals surface area contributed by atoms with E-state index in [-0.39, 0.29) is 35.3 Å². The lowest BCUT2D eigenvalue weighted by Gasteiger charge is -2.42. The SMILES string of the molecule is CN1c2ccc(C(=O)O)cc2NC1(Nc1nc2ccc(OC(F)(F)F)cc2s1)C(N)CC(N)=O.Cl. The summed E-state index contributed by atoms with van der Waals surface area (Å²) in [6.07, 6.45) is -5.07. The number of nitrogens with zero attached hydrogens (tertiary/aromatic N) is 2. The zero-order chi connectivity index (χ0) is 24.8. The number of thiazole rings is 1. The molecule has 4 rings (SSSR count). The maximum Gasteiger partial charge on any atom is 0.573 e. The number of benzene rings is 2. The molecule has 0 saturated carbocycles. The minimum absolute atomic E-state index is 0. The van der Waals surface area contributed by atoms with Gasteiger partial charge in [-0.15, -0.1) is 25.6 Å². The number of aromatic carboxylic acids is 1. The van der Waals surface area contributed by atoms with Gasteiger partial charge in [-0.05, 0) is 30.3 Å². The minimum atomic E-state index is -4.83. The molecule has 0 radical (unpaired) electrons. The summed E-state index contributed by atoms with van der Waals surface area (Å²) < 4.78 is 42.1. The molecule has 35 heavy (non-hydrogen) atoms. The van der Waals surface area contributed by atoms with Crippen molar-refractivity contribution < 1.29 is 32.6 Å². The molecule has 1 amide bonds. The summed E-state index contributed by atoms with van der Waals surface area (Å²) in [6, 6.07) is 7.24. The zero-order valence-corrected chi connectivity index (χ0v) is 19.6. The average molecular weight is 533 g/mol. The first kappa shape index (κ1) is 26.1. The molecule has 0 fully saturated rings. The highest BCUT2D eigenvalue weighted by Gasteiger charge is 2.48. The number of carbonyl (C=O) groups excluding carboxylic acids is 1. The van der Waals surface area contributed by atoms with Gasteiger partial charge in [0.15, 0.2) is 5.13 Å². The number of halogens is 4. The number of carboxylic acids is 1. The fraction of sp³-hybridized carbons (Fsp3) is 0.250. The third-order valence-corrected chi connectivity index (χ3v) is 6.24. The number of hydrogen-bond acceptors (Lipinski definition) is 9. The van der Waals surface area contributed by atoms with Crippen molar-refractivity contribution in [3.8, 4) is 5.75 Å². The number of rotatable bonds is 7. The molecule has 0 aliphatic carbocycles. The van der Waals surface area contributed by atoms with Gasteiger partial charge >= 0.3 is 12.3 Å².